The molecule has 2 aromatic rings. The molecule has 0 aliphatic carbocycles. The zero-order valence-electron chi connectivity index (χ0n) is 9.34. The second-order valence-electron chi connectivity index (χ2n) is 3.67. The molecule has 0 radical (unpaired) electrons. The van der Waals surface area contributed by atoms with E-state index in [0.717, 1.165) is 22.9 Å². The number of hydrogen-bond acceptors (Lipinski definition) is 5. The molecule has 2 rings (SSSR count). The molecule has 0 aliphatic heterocycles. The summed E-state index contributed by atoms with van der Waals surface area (Å²) in [6, 6.07) is 0.0195. The molecule has 0 amide bonds. The first-order chi connectivity index (χ1) is 7.70. The molecule has 1 unspecified atom stereocenters. The van der Waals surface area contributed by atoms with Gasteiger partial charge in [0.1, 0.15) is 5.82 Å². The predicted molar refractivity (Wildman–Crippen MR) is 63.8 cm³/mol. The van der Waals surface area contributed by atoms with Crippen LogP contribution in [-0.2, 0) is 13.5 Å². The molecule has 3 N–H and O–H groups in total. The number of aromatic nitrogens is 3. The molecule has 0 aromatic carbocycles. The molecule has 86 valence electrons. The van der Waals surface area contributed by atoms with Crippen LogP contribution in [0.4, 0.5) is 0 Å². The molecule has 0 aliphatic rings. The lowest BCUT2D eigenvalue weighted by Gasteiger charge is -2.13. The van der Waals surface area contributed by atoms with Gasteiger partial charge in [0.25, 0.3) is 0 Å². The van der Waals surface area contributed by atoms with Crippen LogP contribution in [0.5, 0.6) is 0 Å². The van der Waals surface area contributed by atoms with Crippen molar-refractivity contribution in [2.45, 2.75) is 19.4 Å². The summed E-state index contributed by atoms with van der Waals surface area (Å²) < 4.78 is 1.99. The second-order valence-corrected chi connectivity index (χ2v) is 4.73. The van der Waals surface area contributed by atoms with Crippen molar-refractivity contribution in [1.82, 2.24) is 20.0 Å². The summed E-state index contributed by atoms with van der Waals surface area (Å²) in [7, 11) is 1.97. The highest BCUT2D eigenvalue weighted by molar-refractivity contribution is 7.09. The van der Waals surface area contributed by atoms with Gasteiger partial charge in [-0.1, -0.05) is 0 Å². The maximum atomic E-state index is 5.56. The summed E-state index contributed by atoms with van der Waals surface area (Å²) in [5, 5.41) is 3.08. The highest BCUT2D eigenvalue weighted by Gasteiger charge is 2.15. The molecule has 2 heterocycles. The van der Waals surface area contributed by atoms with Crippen LogP contribution in [0.2, 0.25) is 0 Å². The largest absolute Gasteiger partial charge is 0.338 e. The minimum atomic E-state index is 0.0195. The number of hydrazine groups is 1. The van der Waals surface area contributed by atoms with Gasteiger partial charge in [-0.15, -0.1) is 11.3 Å². The topological polar surface area (TPSA) is 68.8 Å². The zero-order chi connectivity index (χ0) is 11.5. The lowest BCUT2D eigenvalue weighted by Crippen LogP contribution is -2.30. The number of thiazole rings is 1. The first-order valence-corrected chi connectivity index (χ1v) is 5.93. The Labute approximate surface area is 98.3 Å². The highest BCUT2D eigenvalue weighted by Crippen LogP contribution is 2.18. The lowest BCUT2D eigenvalue weighted by molar-refractivity contribution is 0.520. The molecule has 5 nitrogen and oxygen atoms in total. The SMILES string of the molecule is Cc1nc(C(Cc2nccn2C)NN)cs1. The van der Waals surface area contributed by atoms with Gasteiger partial charge >= 0.3 is 0 Å². The van der Waals surface area contributed by atoms with Gasteiger partial charge in [-0.2, -0.15) is 0 Å². The van der Waals surface area contributed by atoms with Crippen molar-refractivity contribution in [2.75, 3.05) is 0 Å². The van der Waals surface area contributed by atoms with E-state index >= 15 is 0 Å². The third-order valence-corrected chi connectivity index (χ3v) is 3.29. The molecule has 1 atom stereocenters. The van der Waals surface area contributed by atoms with E-state index in [1.165, 1.54) is 0 Å². The van der Waals surface area contributed by atoms with E-state index < -0.39 is 0 Å². The molecule has 6 heteroatoms. The molecule has 0 saturated carbocycles. The number of nitrogens with two attached hydrogens (primary N) is 1. The van der Waals surface area contributed by atoms with E-state index in [0.29, 0.717) is 0 Å². The van der Waals surface area contributed by atoms with Gasteiger partial charge in [-0.25, -0.2) is 9.97 Å². The van der Waals surface area contributed by atoms with Crippen molar-refractivity contribution in [3.8, 4) is 0 Å². The molecule has 0 saturated heterocycles. The van der Waals surface area contributed by atoms with Crippen molar-refractivity contribution >= 4 is 11.3 Å². The van der Waals surface area contributed by atoms with E-state index in [2.05, 4.69) is 15.4 Å². The van der Waals surface area contributed by atoms with E-state index in [1.807, 2.05) is 30.1 Å². The average molecular weight is 237 g/mol. The van der Waals surface area contributed by atoms with E-state index in [4.69, 9.17) is 5.84 Å². The molecule has 16 heavy (non-hydrogen) atoms. The van der Waals surface area contributed by atoms with Crippen molar-refractivity contribution in [2.24, 2.45) is 12.9 Å². The Morgan fingerprint density at radius 3 is 2.94 bits per heavy atom. The monoisotopic (exact) mass is 237 g/mol. The van der Waals surface area contributed by atoms with Crippen molar-refractivity contribution in [3.05, 3.63) is 34.3 Å². The van der Waals surface area contributed by atoms with E-state index in [9.17, 15) is 0 Å². The van der Waals surface area contributed by atoms with Crippen LogP contribution in [0.25, 0.3) is 0 Å². The summed E-state index contributed by atoms with van der Waals surface area (Å²) in [5.41, 5.74) is 3.77. The van der Waals surface area contributed by atoms with Gasteiger partial charge in [-0.3, -0.25) is 11.3 Å². The van der Waals surface area contributed by atoms with Crippen molar-refractivity contribution < 1.29 is 0 Å². The Morgan fingerprint density at radius 2 is 2.44 bits per heavy atom. The summed E-state index contributed by atoms with van der Waals surface area (Å²) in [6.45, 7) is 1.99. The van der Waals surface area contributed by atoms with Crippen LogP contribution in [0, 0.1) is 6.92 Å². The normalized spacial score (nSPS) is 12.9. The Hall–Kier alpha value is -1.24. The number of nitrogens with zero attached hydrogens (tertiary/aromatic N) is 3. The van der Waals surface area contributed by atoms with Gasteiger partial charge in [0.2, 0.25) is 0 Å². The van der Waals surface area contributed by atoms with Crippen LogP contribution in [0.1, 0.15) is 22.6 Å². The zero-order valence-corrected chi connectivity index (χ0v) is 10.2. The Balaban J connectivity index is 2.15. The molecule has 0 bridgehead atoms. The fourth-order valence-electron chi connectivity index (χ4n) is 1.56. The number of imidazole rings is 1. The first kappa shape index (κ1) is 11.3. The maximum Gasteiger partial charge on any atom is 0.110 e. The maximum absolute atomic E-state index is 5.56. The highest BCUT2D eigenvalue weighted by atomic mass is 32.1. The van der Waals surface area contributed by atoms with Crippen LogP contribution in [0.15, 0.2) is 17.8 Å². The fourth-order valence-corrected chi connectivity index (χ4v) is 2.23. The number of rotatable bonds is 4. The van der Waals surface area contributed by atoms with Gasteiger partial charge < -0.3 is 4.57 Å². The third kappa shape index (κ3) is 2.29. The molecule has 0 spiro atoms. The Bertz CT molecular complexity index is 461. The standard InChI is InChI=1S/C10H15N5S/c1-7-13-9(6-16-7)8(14-11)5-10-12-3-4-15(10)2/h3-4,6,8,14H,5,11H2,1-2H3. The van der Waals surface area contributed by atoms with Crippen LogP contribution in [-0.4, -0.2) is 14.5 Å². The van der Waals surface area contributed by atoms with Crippen LogP contribution >= 0.6 is 11.3 Å². The number of nitrogens with one attached hydrogen (secondary N) is 1. The van der Waals surface area contributed by atoms with Gasteiger partial charge in [-0.05, 0) is 6.92 Å². The lowest BCUT2D eigenvalue weighted by atomic mass is 10.1. The summed E-state index contributed by atoms with van der Waals surface area (Å²) in [6.07, 6.45) is 4.45. The van der Waals surface area contributed by atoms with E-state index in [-0.39, 0.29) is 6.04 Å². The minimum absolute atomic E-state index is 0.0195. The number of hydrogen-bond donors (Lipinski definition) is 2. The molecule has 2 aromatic heterocycles. The van der Waals surface area contributed by atoms with Crippen molar-refractivity contribution in [3.63, 3.8) is 0 Å². The van der Waals surface area contributed by atoms with Gasteiger partial charge in [0, 0.05) is 31.2 Å². The molecule has 0 fully saturated rings. The summed E-state index contributed by atoms with van der Waals surface area (Å²) >= 11 is 1.63. The smallest absolute Gasteiger partial charge is 0.110 e. The Morgan fingerprint density at radius 1 is 1.62 bits per heavy atom. The Kier molecular flexibility index (Phi) is 3.33. The van der Waals surface area contributed by atoms with Crippen LogP contribution < -0.4 is 11.3 Å². The molecular formula is C10H15N5S. The summed E-state index contributed by atoms with van der Waals surface area (Å²) in [4.78, 5) is 8.71. The third-order valence-electron chi connectivity index (χ3n) is 2.50. The fraction of sp³-hybridized carbons (Fsp3) is 0.400. The van der Waals surface area contributed by atoms with Gasteiger partial charge in [0.15, 0.2) is 0 Å². The van der Waals surface area contributed by atoms with E-state index in [1.54, 1.807) is 17.5 Å². The molecular weight excluding hydrogens is 222 g/mol. The number of aryl methyl sites for hydroxylation is 2. The van der Waals surface area contributed by atoms with Crippen LogP contribution in [0.3, 0.4) is 0 Å². The quantitative estimate of drug-likeness (QED) is 0.613. The minimum Gasteiger partial charge on any atom is -0.338 e. The average Bonchev–Trinajstić information content (AvgIpc) is 2.85. The predicted octanol–water partition coefficient (Wildman–Crippen LogP) is 0.932. The van der Waals surface area contributed by atoms with Crippen molar-refractivity contribution in [1.29, 1.82) is 0 Å². The summed E-state index contributed by atoms with van der Waals surface area (Å²) in [5.74, 6) is 6.55. The van der Waals surface area contributed by atoms with Gasteiger partial charge in [0.05, 0.1) is 16.7 Å². The first-order valence-electron chi connectivity index (χ1n) is 5.05. The second kappa shape index (κ2) is 4.73.